The van der Waals surface area contributed by atoms with Crippen LogP contribution in [0.3, 0.4) is 0 Å². The minimum Gasteiger partial charge on any atom is -0.453 e. The van der Waals surface area contributed by atoms with Crippen molar-refractivity contribution in [1.82, 2.24) is 0 Å². The Balaban J connectivity index is 2.31. The Labute approximate surface area is 149 Å². The fourth-order valence-electron chi connectivity index (χ4n) is 3.33. The molecule has 0 spiro atoms. The number of aryl methyl sites for hydroxylation is 2. The quantitative estimate of drug-likeness (QED) is 0.783. The van der Waals surface area contributed by atoms with E-state index in [0.29, 0.717) is 17.2 Å². The predicted molar refractivity (Wildman–Crippen MR) is 99.5 cm³/mol. The van der Waals surface area contributed by atoms with Crippen molar-refractivity contribution in [2.75, 3.05) is 4.90 Å². The number of benzene rings is 2. The van der Waals surface area contributed by atoms with Crippen LogP contribution in [0.5, 0.6) is 11.5 Å². The van der Waals surface area contributed by atoms with E-state index in [2.05, 4.69) is 0 Å². The van der Waals surface area contributed by atoms with E-state index in [1.165, 1.54) is 0 Å². The molecule has 1 N–H and O–H groups in total. The van der Waals surface area contributed by atoms with Crippen molar-refractivity contribution in [2.45, 2.75) is 45.4 Å². The third-order valence-electron chi connectivity index (χ3n) is 4.60. The van der Waals surface area contributed by atoms with E-state index in [-0.39, 0.29) is 6.42 Å². The Morgan fingerprint density at radius 2 is 1.84 bits per heavy atom. The van der Waals surface area contributed by atoms with Crippen LogP contribution in [0.2, 0.25) is 0 Å². The molecule has 6 heteroatoms. The monoisotopic (exact) mass is 361 g/mol. The van der Waals surface area contributed by atoms with Gasteiger partial charge in [-0.3, -0.25) is 4.55 Å². The molecule has 1 aliphatic rings. The van der Waals surface area contributed by atoms with Crippen molar-refractivity contribution in [2.24, 2.45) is 0 Å². The molecule has 1 aliphatic heterocycles. The fourth-order valence-corrected chi connectivity index (χ4v) is 4.24. The summed E-state index contributed by atoms with van der Waals surface area (Å²) < 4.78 is 40.1. The lowest BCUT2D eigenvalue weighted by Crippen LogP contribution is -2.39. The van der Waals surface area contributed by atoms with Crippen molar-refractivity contribution in [3.8, 4) is 11.5 Å². The van der Waals surface area contributed by atoms with Crippen molar-refractivity contribution < 1.29 is 17.7 Å². The molecule has 134 valence electrons. The number of hydrogen-bond donors (Lipinski definition) is 1. The highest BCUT2D eigenvalue weighted by molar-refractivity contribution is 7.86. The molecule has 1 atom stereocenters. The standard InChI is InChI=1S/C19H23NO4S/c1-4-13-10-11-16-15(12-13)20(18(6-3)25(21,22)23)19-14(5-2)8-7-9-17(19)24-16/h7-12,18H,4-6H2,1-3H3,(H,21,22,23). The lowest BCUT2D eigenvalue weighted by atomic mass is 10.0. The van der Waals surface area contributed by atoms with Gasteiger partial charge in [0.2, 0.25) is 0 Å². The third-order valence-corrected chi connectivity index (χ3v) is 5.83. The zero-order valence-electron chi connectivity index (χ0n) is 14.7. The Morgan fingerprint density at radius 1 is 1.08 bits per heavy atom. The maximum atomic E-state index is 12.1. The summed E-state index contributed by atoms with van der Waals surface area (Å²) in [6.07, 6.45) is 1.81. The summed E-state index contributed by atoms with van der Waals surface area (Å²) in [5, 5.41) is -1.06. The second-order valence-corrected chi connectivity index (χ2v) is 7.70. The van der Waals surface area contributed by atoms with Gasteiger partial charge in [-0.1, -0.05) is 39.0 Å². The van der Waals surface area contributed by atoms with Crippen LogP contribution in [0.25, 0.3) is 0 Å². The van der Waals surface area contributed by atoms with Gasteiger partial charge in [0.15, 0.2) is 16.9 Å². The first-order chi connectivity index (χ1) is 11.9. The van der Waals surface area contributed by atoms with Gasteiger partial charge in [-0.05, 0) is 48.6 Å². The van der Waals surface area contributed by atoms with Crippen LogP contribution >= 0.6 is 0 Å². The second kappa shape index (κ2) is 6.69. The molecule has 5 nitrogen and oxygen atoms in total. The number of nitrogens with zero attached hydrogens (tertiary/aromatic N) is 1. The highest BCUT2D eigenvalue weighted by atomic mass is 32.2. The number of para-hydroxylation sites is 1. The Hall–Kier alpha value is -2.05. The average Bonchev–Trinajstić information content (AvgIpc) is 2.59. The van der Waals surface area contributed by atoms with Crippen LogP contribution in [-0.2, 0) is 23.0 Å². The van der Waals surface area contributed by atoms with E-state index >= 15 is 0 Å². The van der Waals surface area contributed by atoms with Gasteiger partial charge in [0.1, 0.15) is 0 Å². The van der Waals surface area contributed by atoms with Gasteiger partial charge in [0, 0.05) is 0 Å². The zero-order chi connectivity index (χ0) is 18.2. The molecule has 0 aromatic heterocycles. The predicted octanol–water partition coefficient (Wildman–Crippen LogP) is 4.68. The number of hydrogen-bond acceptors (Lipinski definition) is 4. The van der Waals surface area contributed by atoms with E-state index in [1.807, 2.05) is 50.2 Å². The van der Waals surface area contributed by atoms with Gasteiger partial charge in [-0.25, -0.2) is 0 Å². The van der Waals surface area contributed by atoms with Gasteiger partial charge < -0.3 is 9.64 Å². The van der Waals surface area contributed by atoms with Crippen LogP contribution in [0.15, 0.2) is 36.4 Å². The molecule has 1 heterocycles. The van der Waals surface area contributed by atoms with E-state index in [1.54, 1.807) is 11.8 Å². The summed E-state index contributed by atoms with van der Waals surface area (Å²) in [6.45, 7) is 5.81. The molecule has 0 saturated carbocycles. The molecular formula is C19H23NO4S. The highest BCUT2D eigenvalue weighted by Crippen LogP contribution is 2.50. The molecule has 0 aliphatic carbocycles. The van der Waals surface area contributed by atoms with Gasteiger partial charge in [-0.15, -0.1) is 0 Å². The molecule has 0 amide bonds. The molecule has 25 heavy (non-hydrogen) atoms. The Bertz CT molecular complexity index is 892. The Kier molecular flexibility index (Phi) is 4.75. The van der Waals surface area contributed by atoms with Crippen LogP contribution in [0, 0.1) is 0 Å². The summed E-state index contributed by atoms with van der Waals surface area (Å²) in [4.78, 5) is 1.72. The fraction of sp³-hybridized carbons (Fsp3) is 0.368. The van der Waals surface area contributed by atoms with Crippen LogP contribution < -0.4 is 9.64 Å². The maximum Gasteiger partial charge on any atom is 0.286 e. The van der Waals surface area contributed by atoms with Gasteiger partial charge in [0.05, 0.1) is 11.4 Å². The lowest BCUT2D eigenvalue weighted by molar-refractivity contribution is 0.451. The molecule has 0 bridgehead atoms. The lowest BCUT2D eigenvalue weighted by Gasteiger charge is -2.38. The first-order valence-corrected chi connectivity index (χ1v) is 10.1. The number of ether oxygens (including phenoxy) is 1. The summed E-state index contributed by atoms with van der Waals surface area (Å²) in [5.41, 5.74) is 3.45. The van der Waals surface area contributed by atoms with E-state index in [9.17, 15) is 13.0 Å². The average molecular weight is 361 g/mol. The topological polar surface area (TPSA) is 66.8 Å². The molecule has 2 aromatic rings. The van der Waals surface area contributed by atoms with Crippen LogP contribution in [0.4, 0.5) is 11.4 Å². The zero-order valence-corrected chi connectivity index (χ0v) is 15.5. The van der Waals surface area contributed by atoms with Crippen molar-refractivity contribution >= 4 is 21.5 Å². The summed E-state index contributed by atoms with van der Waals surface area (Å²) in [5.74, 6) is 1.21. The maximum absolute atomic E-state index is 12.1. The molecule has 0 fully saturated rings. The normalized spacial score (nSPS) is 14.5. The number of anilines is 2. The van der Waals surface area contributed by atoms with Crippen LogP contribution in [-0.4, -0.2) is 18.3 Å². The van der Waals surface area contributed by atoms with Gasteiger partial charge in [0.25, 0.3) is 10.1 Å². The van der Waals surface area contributed by atoms with E-state index in [0.717, 1.165) is 29.7 Å². The third kappa shape index (κ3) is 3.12. The number of fused-ring (bicyclic) bond motifs is 2. The summed E-state index contributed by atoms with van der Waals surface area (Å²) in [7, 11) is -4.27. The van der Waals surface area contributed by atoms with Crippen molar-refractivity contribution in [1.29, 1.82) is 0 Å². The Morgan fingerprint density at radius 3 is 2.44 bits per heavy atom. The molecule has 3 rings (SSSR count). The molecule has 0 saturated heterocycles. The van der Waals surface area contributed by atoms with E-state index < -0.39 is 15.5 Å². The minimum absolute atomic E-state index is 0.256. The summed E-state index contributed by atoms with van der Waals surface area (Å²) in [6, 6.07) is 11.5. The SMILES string of the molecule is CCc1ccc2c(c1)N(C(CC)S(=O)(=O)O)c1c(CC)cccc1O2. The largest absolute Gasteiger partial charge is 0.453 e. The van der Waals surface area contributed by atoms with Gasteiger partial charge >= 0.3 is 0 Å². The first-order valence-electron chi connectivity index (χ1n) is 8.58. The first kappa shape index (κ1) is 17.8. The van der Waals surface area contributed by atoms with Crippen LogP contribution in [0.1, 0.15) is 38.3 Å². The molecular weight excluding hydrogens is 338 g/mol. The van der Waals surface area contributed by atoms with Gasteiger partial charge in [-0.2, -0.15) is 8.42 Å². The van der Waals surface area contributed by atoms with Crippen molar-refractivity contribution in [3.05, 3.63) is 47.5 Å². The minimum atomic E-state index is -4.27. The second-order valence-electron chi connectivity index (χ2n) is 6.12. The van der Waals surface area contributed by atoms with E-state index in [4.69, 9.17) is 4.74 Å². The molecule has 2 aromatic carbocycles. The molecule has 0 radical (unpaired) electrons. The summed E-state index contributed by atoms with van der Waals surface area (Å²) >= 11 is 0. The molecule has 1 unspecified atom stereocenters. The highest BCUT2D eigenvalue weighted by Gasteiger charge is 2.37. The smallest absolute Gasteiger partial charge is 0.286 e. The number of rotatable bonds is 5. The van der Waals surface area contributed by atoms with Crippen molar-refractivity contribution in [3.63, 3.8) is 0 Å².